The van der Waals surface area contributed by atoms with Crippen LogP contribution in [0, 0.1) is 0 Å². The third kappa shape index (κ3) is 4.74. The summed E-state index contributed by atoms with van der Waals surface area (Å²) >= 11 is 2.05. The number of benzene rings is 4. The Kier molecular flexibility index (Phi) is 6.41. The molecular formula is C30H16N2O6S2. The number of thioether (sulfide) groups is 2. The molecule has 0 atom stereocenters. The van der Waals surface area contributed by atoms with E-state index in [1.165, 1.54) is 36.4 Å². The van der Waals surface area contributed by atoms with Gasteiger partial charge in [-0.1, -0.05) is 24.3 Å². The number of carbonyl (C=O) groups is 6. The quantitative estimate of drug-likeness (QED) is 0.257. The molecule has 0 saturated carbocycles. The maximum Gasteiger partial charge on any atom is 0.258 e. The smallest absolute Gasteiger partial charge is 0.258 e. The molecule has 0 bridgehead atoms. The van der Waals surface area contributed by atoms with Crippen molar-refractivity contribution < 1.29 is 28.8 Å². The number of carbonyl (C=O) groups excluding carboxylic acids is 6. The van der Waals surface area contributed by atoms with Crippen LogP contribution < -0.4 is 10.6 Å². The van der Waals surface area contributed by atoms with Gasteiger partial charge in [-0.15, -0.1) is 0 Å². The summed E-state index contributed by atoms with van der Waals surface area (Å²) in [5.41, 5.74) is 3.43. The minimum absolute atomic E-state index is 0.200. The SMILES string of the molecule is O=C(Sc1ccc(-c2ccc(SC(=O)c3ccc4c(c3)C(=O)NC4=O)cc2)cc1)c1ccc2c(c1)C(=O)NC2=O. The molecule has 2 aliphatic heterocycles. The van der Waals surface area contributed by atoms with E-state index in [9.17, 15) is 28.8 Å². The summed E-state index contributed by atoms with van der Waals surface area (Å²) in [4.78, 5) is 74.1. The molecule has 4 aromatic rings. The highest BCUT2D eigenvalue weighted by molar-refractivity contribution is 8.14. The molecule has 2 aliphatic rings. The van der Waals surface area contributed by atoms with Gasteiger partial charge in [-0.05, 0) is 95.3 Å². The Morgan fingerprint density at radius 1 is 0.450 bits per heavy atom. The number of fused-ring (bicyclic) bond motifs is 2. The van der Waals surface area contributed by atoms with Crippen molar-refractivity contribution in [3.63, 3.8) is 0 Å². The first-order valence-corrected chi connectivity index (χ1v) is 13.5. The average Bonchev–Trinajstić information content (AvgIpc) is 3.41. The first kappa shape index (κ1) is 25.5. The molecule has 4 amide bonds. The summed E-state index contributed by atoms with van der Waals surface area (Å²) < 4.78 is 0. The van der Waals surface area contributed by atoms with Crippen LogP contribution in [0.5, 0.6) is 0 Å². The van der Waals surface area contributed by atoms with Crippen molar-refractivity contribution in [2.45, 2.75) is 9.79 Å². The predicted molar refractivity (Wildman–Crippen MR) is 149 cm³/mol. The number of imide groups is 2. The zero-order chi connectivity index (χ0) is 28.0. The van der Waals surface area contributed by atoms with E-state index in [2.05, 4.69) is 10.6 Å². The van der Waals surface area contributed by atoms with Gasteiger partial charge in [0.2, 0.25) is 10.2 Å². The van der Waals surface area contributed by atoms with Gasteiger partial charge in [-0.25, -0.2) is 0 Å². The zero-order valence-electron chi connectivity index (χ0n) is 20.3. The normalized spacial score (nSPS) is 13.5. The second-order valence-corrected chi connectivity index (χ2v) is 11.0. The topological polar surface area (TPSA) is 126 Å². The zero-order valence-corrected chi connectivity index (χ0v) is 22.0. The minimum atomic E-state index is -0.507. The van der Waals surface area contributed by atoms with Gasteiger partial charge in [0.05, 0.1) is 22.3 Å². The first-order chi connectivity index (χ1) is 19.3. The first-order valence-electron chi connectivity index (χ1n) is 11.9. The molecule has 4 aromatic carbocycles. The second-order valence-electron chi connectivity index (χ2n) is 8.92. The summed E-state index contributed by atoms with van der Waals surface area (Å²) in [6, 6.07) is 23.7. The summed E-state index contributed by atoms with van der Waals surface area (Å²) in [7, 11) is 0. The van der Waals surface area contributed by atoms with Gasteiger partial charge < -0.3 is 0 Å². The fraction of sp³-hybridized carbons (Fsp3) is 0. The van der Waals surface area contributed by atoms with E-state index < -0.39 is 23.6 Å². The molecule has 10 heteroatoms. The van der Waals surface area contributed by atoms with Crippen LogP contribution in [0.4, 0.5) is 0 Å². The number of amides is 4. The Labute approximate surface area is 235 Å². The van der Waals surface area contributed by atoms with Crippen molar-refractivity contribution in [2.75, 3.05) is 0 Å². The highest BCUT2D eigenvalue weighted by Gasteiger charge is 2.28. The van der Waals surface area contributed by atoms with Crippen molar-refractivity contribution in [3.05, 3.63) is 118 Å². The van der Waals surface area contributed by atoms with Gasteiger partial charge in [-0.3, -0.25) is 39.4 Å². The van der Waals surface area contributed by atoms with Crippen molar-refractivity contribution in [2.24, 2.45) is 0 Å². The van der Waals surface area contributed by atoms with E-state index in [0.717, 1.165) is 44.4 Å². The molecule has 0 aliphatic carbocycles. The number of rotatable bonds is 5. The Bertz CT molecular complexity index is 1660. The monoisotopic (exact) mass is 564 g/mol. The minimum Gasteiger partial charge on any atom is -0.288 e. The lowest BCUT2D eigenvalue weighted by atomic mass is 10.1. The summed E-state index contributed by atoms with van der Waals surface area (Å²) in [6.45, 7) is 0. The van der Waals surface area contributed by atoms with E-state index in [0.29, 0.717) is 11.1 Å². The van der Waals surface area contributed by atoms with Gasteiger partial charge in [0.25, 0.3) is 23.6 Å². The van der Waals surface area contributed by atoms with Gasteiger partial charge in [-0.2, -0.15) is 0 Å². The number of nitrogens with one attached hydrogen (secondary N) is 2. The van der Waals surface area contributed by atoms with Crippen LogP contribution in [-0.2, 0) is 0 Å². The summed E-state index contributed by atoms with van der Waals surface area (Å²) in [6.07, 6.45) is 0. The molecule has 6 rings (SSSR count). The van der Waals surface area contributed by atoms with Crippen LogP contribution in [0.3, 0.4) is 0 Å². The maximum atomic E-state index is 12.8. The summed E-state index contributed by atoms with van der Waals surface area (Å²) in [5.74, 6) is -1.94. The van der Waals surface area contributed by atoms with Crippen LogP contribution in [0.2, 0.25) is 0 Å². The molecule has 2 heterocycles. The molecule has 0 unspecified atom stereocenters. The Balaban J connectivity index is 1.10. The molecule has 2 N–H and O–H groups in total. The van der Waals surface area contributed by atoms with E-state index in [-0.39, 0.29) is 32.5 Å². The molecule has 40 heavy (non-hydrogen) atoms. The highest BCUT2D eigenvalue weighted by Crippen LogP contribution is 2.30. The third-order valence-corrected chi connectivity index (χ3v) is 8.26. The predicted octanol–water partition coefficient (Wildman–Crippen LogP) is 4.99. The highest BCUT2D eigenvalue weighted by atomic mass is 32.2. The summed E-state index contributed by atoms with van der Waals surface area (Å²) in [5, 5.41) is 3.93. The molecule has 0 saturated heterocycles. The molecular weight excluding hydrogens is 548 g/mol. The number of hydrogen-bond acceptors (Lipinski definition) is 8. The average molecular weight is 565 g/mol. The Hall–Kier alpha value is -4.80. The molecule has 0 spiro atoms. The fourth-order valence-corrected chi connectivity index (χ4v) is 5.81. The van der Waals surface area contributed by atoms with Gasteiger partial charge in [0.15, 0.2) is 0 Å². The lowest BCUT2D eigenvalue weighted by Crippen LogP contribution is -2.19. The van der Waals surface area contributed by atoms with Gasteiger partial charge in [0, 0.05) is 20.9 Å². The van der Waals surface area contributed by atoms with E-state index in [4.69, 9.17) is 0 Å². The molecule has 0 aromatic heterocycles. The lowest BCUT2D eigenvalue weighted by Gasteiger charge is -2.07. The Morgan fingerprint density at radius 2 is 0.800 bits per heavy atom. The van der Waals surface area contributed by atoms with E-state index in [1.54, 1.807) is 0 Å². The van der Waals surface area contributed by atoms with Crippen molar-refractivity contribution in [1.82, 2.24) is 10.6 Å². The molecule has 0 fully saturated rings. The molecule has 0 radical (unpaired) electrons. The van der Waals surface area contributed by atoms with E-state index in [1.807, 2.05) is 48.5 Å². The Morgan fingerprint density at radius 3 is 1.18 bits per heavy atom. The van der Waals surface area contributed by atoms with Crippen LogP contribution in [0.1, 0.15) is 62.1 Å². The largest absolute Gasteiger partial charge is 0.288 e. The van der Waals surface area contributed by atoms with Gasteiger partial charge >= 0.3 is 0 Å². The van der Waals surface area contributed by atoms with Gasteiger partial charge in [0.1, 0.15) is 0 Å². The fourth-order valence-electron chi connectivity index (χ4n) is 4.35. The van der Waals surface area contributed by atoms with Crippen LogP contribution in [0.15, 0.2) is 94.7 Å². The van der Waals surface area contributed by atoms with Crippen LogP contribution in [0.25, 0.3) is 11.1 Å². The van der Waals surface area contributed by atoms with E-state index >= 15 is 0 Å². The van der Waals surface area contributed by atoms with Crippen LogP contribution in [-0.4, -0.2) is 33.9 Å². The standard InChI is InChI=1S/C30H16N2O6S2/c33-25-21-11-5-17(13-23(21)27(35)31-25)29(37)39-19-7-1-15(2-8-19)16-3-9-20(10-4-16)40-30(38)18-6-12-22-24(14-18)28(36)32-26(22)34/h1-14H,(H,31,33,35)(H,32,34,36). The lowest BCUT2D eigenvalue weighted by molar-refractivity contribution is 0.0863. The number of hydrogen-bond donors (Lipinski definition) is 2. The third-order valence-electron chi connectivity index (χ3n) is 6.41. The second kappa shape index (κ2) is 10.1. The molecule has 194 valence electrons. The molecule has 8 nitrogen and oxygen atoms in total. The van der Waals surface area contributed by atoms with Crippen molar-refractivity contribution in [3.8, 4) is 11.1 Å². The van der Waals surface area contributed by atoms with Crippen LogP contribution >= 0.6 is 23.5 Å². The maximum absolute atomic E-state index is 12.8. The van der Waals surface area contributed by atoms with Crippen molar-refractivity contribution in [1.29, 1.82) is 0 Å². The van der Waals surface area contributed by atoms with Crippen molar-refractivity contribution >= 4 is 57.4 Å².